The van der Waals surface area contributed by atoms with E-state index in [0.717, 1.165) is 21.9 Å². The van der Waals surface area contributed by atoms with Crippen LogP contribution in [0.15, 0.2) is 90.5 Å². The number of aryl methyl sites for hydroxylation is 2. The van der Waals surface area contributed by atoms with Gasteiger partial charge in [0, 0.05) is 16.8 Å². The second-order valence-electron chi connectivity index (χ2n) is 8.49. The number of hydrogen-bond donors (Lipinski definition) is 1. The predicted molar refractivity (Wildman–Crippen MR) is 131 cm³/mol. The van der Waals surface area contributed by atoms with E-state index in [9.17, 15) is 14.7 Å². The van der Waals surface area contributed by atoms with Gasteiger partial charge in [0.2, 0.25) is 0 Å². The highest BCUT2D eigenvalue weighted by molar-refractivity contribution is 6.51. The van der Waals surface area contributed by atoms with Crippen LogP contribution in [0.2, 0.25) is 0 Å². The molecule has 1 unspecified atom stereocenters. The lowest BCUT2D eigenvalue weighted by Gasteiger charge is -2.26. The van der Waals surface area contributed by atoms with Gasteiger partial charge in [-0.05, 0) is 53.9 Å². The minimum Gasteiger partial charge on any atom is -0.507 e. The lowest BCUT2D eigenvalue weighted by molar-refractivity contribution is -0.132. The summed E-state index contributed by atoms with van der Waals surface area (Å²) in [4.78, 5) is 28.0. The lowest BCUT2D eigenvalue weighted by atomic mass is 9.93. The number of benzene rings is 4. The van der Waals surface area contributed by atoms with Crippen LogP contribution in [0.5, 0.6) is 0 Å². The second-order valence-corrected chi connectivity index (χ2v) is 8.49. The first-order valence-corrected chi connectivity index (χ1v) is 11.0. The Morgan fingerprint density at radius 1 is 0.853 bits per heavy atom. The molecule has 0 radical (unpaired) electrons. The largest absolute Gasteiger partial charge is 0.507 e. The first-order chi connectivity index (χ1) is 16.4. The molecule has 1 saturated heterocycles. The van der Waals surface area contributed by atoms with Crippen LogP contribution in [-0.4, -0.2) is 16.8 Å². The van der Waals surface area contributed by atoms with E-state index in [-0.39, 0.29) is 16.9 Å². The highest BCUT2D eigenvalue weighted by atomic mass is 19.1. The van der Waals surface area contributed by atoms with Gasteiger partial charge in [0.1, 0.15) is 11.6 Å². The van der Waals surface area contributed by atoms with Gasteiger partial charge in [-0.25, -0.2) is 4.39 Å². The Morgan fingerprint density at radius 2 is 1.56 bits per heavy atom. The number of aliphatic hydroxyl groups is 1. The summed E-state index contributed by atoms with van der Waals surface area (Å²) in [5, 5.41) is 13.1. The van der Waals surface area contributed by atoms with Gasteiger partial charge in [-0.15, -0.1) is 0 Å². The number of aliphatic hydroxyl groups excluding tert-OH is 1. The Bertz CT molecular complexity index is 1500. The van der Waals surface area contributed by atoms with Crippen molar-refractivity contribution < 1.29 is 19.1 Å². The third kappa shape index (κ3) is 3.37. The summed E-state index contributed by atoms with van der Waals surface area (Å²) in [6, 6.07) is 23.1. The molecule has 34 heavy (non-hydrogen) atoms. The Labute approximate surface area is 196 Å². The zero-order valence-corrected chi connectivity index (χ0v) is 18.7. The average Bonchev–Trinajstić information content (AvgIpc) is 3.10. The predicted octanol–water partition coefficient (Wildman–Crippen LogP) is 6.22. The van der Waals surface area contributed by atoms with E-state index in [2.05, 4.69) is 0 Å². The molecule has 1 atom stereocenters. The molecule has 1 N–H and O–H groups in total. The van der Waals surface area contributed by atoms with E-state index in [1.54, 1.807) is 36.4 Å². The van der Waals surface area contributed by atoms with Crippen molar-refractivity contribution in [1.82, 2.24) is 0 Å². The fourth-order valence-corrected chi connectivity index (χ4v) is 4.54. The van der Waals surface area contributed by atoms with Crippen LogP contribution in [0, 0.1) is 19.7 Å². The third-order valence-corrected chi connectivity index (χ3v) is 6.46. The van der Waals surface area contributed by atoms with Crippen LogP contribution in [0.4, 0.5) is 10.1 Å². The lowest BCUT2D eigenvalue weighted by Crippen LogP contribution is -2.30. The van der Waals surface area contributed by atoms with Crippen molar-refractivity contribution in [2.75, 3.05) is 4.90 Å². The Morgan fingerprint density at radius 3 is 2.32 bits per heavy atom. The molecule has 0 aromatic heterocycles. The van der Waals surface area contributed by atoms with Gasteiger partial charge in [0.25, 0.3) is 11.7 Å². The van der Waals surface area contributed by atoms with Crippen LogP contribution in [-0.2, 0) is 9.59 Å². The molecule has 5 rings (SSSR count). The first kappa shape index (κ1) is 21.6. The van der Waals surface area contributed by atoms with Crippen LogP contribution < -0.4 is 4.90 Å². The number of halogens is 1. The highest BCUT2D eigenvalue weighted by Gasteiger charge is 2.48. The standard InChI is InChI=1S/C29H22FNO3/c1-17-14-15-20(16-18(17)2)31-26(23-11-5-6-13-24(23)30)25(28(33)29(31)34)27(32)22-12-7-9-19-8-3-4-10-21(19)22/h3-16,26,32H,1-2H3/b27-25+. The minimum atomic E-state index is -1.11. The summed E-state index contributed by atoms with van der Waals surface area (Å²) >= 11 is 0. The first-order valence-electron chi connectivity index (χ1n) is 11.0. The molecule has 0 aliphatic carbocycles. The number of anilines is 1. The van der Waals surface area contributed by atoms with Gasteiger partial charge in [-0.1, -0.05) is 66.7 Å². The number of carbonyl (C=O) groups is 2. The molecule has 0 bridgehead atoms. The highest BCUT2D eigenvalue weighted by Crippen LogP contribution is 2.43. The fourth-order valence-electron chi connectivity index (χ4n) is 4.54. The number of carbonyl (C=O) groups excluding carboxylic acids is 2. The Kier molecular flexibility index (Phi) is 5.25. The van der Waals surface area contributed by atoms with Gasteiger partial charge in [-0.3, -0.25) is 14.5 Å². The fraction of sp³-hybridized carbons (Fsp3) is 0.103. The smallest absolute Gasteiger partial charge is 0.300 e. The van der Waals surface area contributed by atoms with Crippen molar-refractivity contribution in [3.8, 4) is 0 Å². The maximum Gasteiger partial charge on any atom is 0.300 e. The van der Waals surface area contributed by atoms with Crippen molar-refractivity contribution in [2.24, 2.45) is 0 Å². The molecule has 4 aromatic carbocycles. The van der Waals surface area contributed by atoms with Crippen LogP contribution in [0.25, 0.3) is 16.5 Å². The van der Waals surface area contributed by atoms with Gasteiger partial charge >= 0.3 is 0 Å². The van der Waals surface area contributed by atoms with Crippen molar-refractivity contribution in [2.45, 2.75) is 19.9 Å². The maximum atomic E-state index is 15.1. The molecule has 1 heterocycles. The number of nitrogens with zero attached hydrogens (tertiary/aromatic N) is 1. The molecule has 168 valence electrons. The summed E-state index contributed by atoms with van der Waals surface area (Å²) in [6.07, 6.45) is 0. The number of amides is 1. The van der Waals surface area contributed by atoms with Crippen molar-refractivity contribution in [3.05, 3.63) is 119 Å². The van der Waals surface area contributed by atoms with E-state index < -0.39 is 23.5 Å². The molecular formula is C29H22FNO3. The topological polar surface area (TPSA) is 57.6 Å². The van der Waals surface area contributed by atoms with E-state index in [4.69, 9.17) is 0 Å². The van der Waals surface area contributed by atoms with Crippen LogP contribution in [0.1, 0.15) is 28.3 Å². The van der Waals surface area contributed by atoms with Gasteiger partial charge in [0.05, 0.1) is 11.6 Å². The van der Waals surface area contributed by atoms with Crippen LogP contribution >= 0.6 is 0 Å². The Balaban J connectivity index is 1.80. The maximum absolute atomic E-state index is 15.1. The molecule has 1 amide bonds. The van der Waals surface area contributed by atoms with Crippen molar-refractivity contribution in [3.63, 3.8) is 0 Å². The molecule has 1 aliphatic rings. The Hall–Kier alpha value is -4.25. The van der Waals surface area contributed by atoms with Gasteiger partial charge in [0.15, 0.2) is 0 Å². The zero-order chi connectivity index (χ0) is 24.0. The third-order valence-electron chi connectivity index (χ3n) is 6.46. The number of rotatable bonds is 3. The van der Waals surface area contributed by atoms with Gasteiger partial charge in [-0.2, -0.15) is 0 Å². The van der Waals surface area contributed by atoms with Crippen molar-refractivity contribution >= 4 is 33.9 Å². The summed E-state index contributed by atoms with van der Waals surface area (Å²) < 4.78 is 15.1. The summed E-state index contributed by atoms with van der Waals surface area (Å²) in [6.45, 7) is 3.85. The van der Waals surface area contributed by atoms with E-state index in [1.807, 2.05) is 50.2 Å². The number of ketones is 1. The zero-order valence-electron chi connectivity index (χ0n) is 18.7. The molecule has 5 heteroatoms. The minimum absolute atomic E-state index is 0.135. The molecule has 4 aromatic rings. The molecule has 1 aliphatic heterocycles. The number of hydrogen-bond acceptors (Lipinski definition) is 3. The van der Waals surface area contributed by atoms with E-state index in [1.165, 1.54) is 17.0 Å². The van der Waals surface area contributed by atoms with Gasteiger partial charge < -0.3 is 5.11 Å². The van der Waals surface area contributed by atoms with Crippen molar-refractivity contribution in [1.29, 1.82) is 0 Å². The molecule has 0 saturated carbocycles. The molecule has 4 nitrogen and oxygen atoms in total. The summed E-state index contributed by atoms with van der Waals surface area (Å²) in [5.74, 6) is -2.54. The van der Waals surface area contributed by atoms with Crippen LogP contribution in [0.3, 0.4) is 0 Å². The molecule has 1 fully saturated rings. The second kappa shape index (κ2) is 8.27. The molecule has 0 spiro atoms. The van der Waals surface area contributed by atoms with E-state index in [0.29, 0.717) is 11.3 Å². The van der Waals surface area contributed by atoms with E-state index >= 15 is 4.39 Å². The summed E-state index contributed by atoms with van der Waals surface area (Å²) in [5.41, 5.74) is 2.85. The SMILES string of the molecule is Cc1ccc(N2C(=O)C(=O)/C(=C(/O)c3cccc4ccccc34)C2c2ccccc2F)cc1C. The number of Topliss-reactive ketones (excluding diaryl/α,β-unsaturated/α-hetero) is 1. The monoisotopic (exact) mass is 451 g/mol. The molecular weight excluding hydrogens is 429 g/mol. The average molecular weight is 451 g/mol. The summed E-state index contributed by atoms with van der Waals surface area (Å²) in [7, 11) is 0. The normalized spacial score (nSPS) is 17.5. The number of fused-ring (bicyclic) bond motifs is 1. The quantitative estimate of drug-likeness (QED) is 0.228.